The lowest BCUT2D eigenvalue weighted by atomic mass is 10.2. The van der Waals surface area contributed by atoms with Gasteiger partial charge in [-0.15, -0.1) is 0 Å². The van der Waals surface area contributed by atoms with E-state index >= 15 is 0 Å². The Morgan fingerprint density at radius 2 is 1.71 bits per heavy atom. The van der Waals surface area contributed by atoms with Gasteiger partial charge in [0.15, 0.2) is 5.66 Å². The molecule has 0 bridgehead atoms. The van der Waals surface area contributed by atoms with E-state index in [9.17, 15) is 14.2 Å². The second kappa shape index (κ2) is 5.09. The maximum atomic E-state index is 10.6. The van der Waals surface area contributed by atoms with Crippen LogP contribution in [0.3, 0.4) is 0 Å². The predicted molar refractivity (Wildman–Crippen MR) is 45.0 cm³/mol. The Hall–Kier alpha value is -0.910. The first kappa shape index (κ1) is 13.1. The molecule has 0 fully saturated rings. The highest BCUT2D eigenvalue weighted by Crippen LogP contribution is 2.43. The van der Waals surface area contributed by atoms with E-state index in [0.717, 1.165) is 0 Å². The standard InChI is InChI=1S/C6H11O7P/c7-5(8)3-1-2-4(6(9)10)14(11,12)13/h4H,1-3H2,(H,7,8)(H,9,10)(H2,11,12,13). The van der Waals surface area contributed by atoms with Crippen molar-refractivity contribution in [3.8, 4) is 0 Å². The molecule has 0 aliphatic rings. The summed E-state index contributed by atoms with van der Waals surface area (Å²) in [5.41, 5.74) is -1.80. The zero-order valence-corrected chi connectivity index (χ0v) is 8.05. The van der Waals surface area contributed by atoms with Crippen molar-refractivity contribution in [3.05, 3.63) is 0 Å². The Kier molecular flexibility index (Phi) is 4.76. The van der Waals surface area contributed by atoms with Gasteiger partial charge >= 0.3 is 19.5 Å². The molecule has 0 amide bonds. The fourth-order valence-corrected chi connectivity index (χ4v) is 1.69. The number of hydrogen-bond acceptors (Lipinski definition) is 3. The van der Waals surface area contributed by atoms with Gasteiger partial charge in [0.1, 0.15) is 0 Å². The fraction of sp³-hybridized carbons (Fsp3) is 0.667. The van der Waals surface area contributed by atoms with E-state index < -0.39 is 25.2 Å². The maximum Gasteiger partial charge on any atom is 0.339 e. The van der Waals surface area contributed by atoms with E-state index in [1.807, 2.05) is 0 Å². The monoisotopic (exact) mass is 226 g/mol. The van der Waals surface area contributed by atoms with Crippen LogP contribution in [0, 0.1) is 0 Å². The van der Waals surface area contributed by atoms with Crippen LogP contribution >= 0.6 is 7.60 Å². The van der Waals surface area contributed by atoms with Crippen molar-refractivity contribution in [2.45, 2.75) is 24.9 Å². The van der Waals surface area contributed by atoms with Crippen molar-refractivity contribution in [2.75, 3.05) is 0 Å². The van der Waals surface area contributed by atoms with E-state index in [2.05, 4.69) is 0 Å². The second-order valence-electron chi connectivity index (χ2n) is 2.73. The first-order chi connectivity index (χ1) is 6.25. The van der Waals surface area contributed by atoms with Crippen LogP contribution in [0.1, 0.15) is 19.3 Å². The summed E-state index contributed by atoms with van der Waals surface area (Å²) in [5, 5.41) is 16.7. The van der Waals surface area contributed by atoms with Crippen LogP contribution in [0.2, 0.25) is 0 Å². The fourth-order valence-electron chi connectivity index (χ4n) is 0.882. The molecule has 1 atom stereocenters. The summed E-state index contributed by atoms with van der Waals surface area (Å²) in [5.74, 6) is -2.73. The van der Waals surface area contributed by atoms with Gasteiger partial charge in [0.25, 0.3) is 0 Å². The quantitative estimate of drug-likeness (QED) is 0.463. The summed E-state index contributed by atoms with van der Waals surface area (Å²) in [4.78, 5) is 37.6. The summed E-state index contributed by atoms with van der Waals surface area (Å²) in [6.07, 6.45) is -0.715. The lowest BCUT2D eigenvalue weighted by Gasteiger charge is -2.12. The minimum atomic E-state index is -4.68. The van der Waals surface area contributed by atoms with Crippen molar-refractivity contribution < 1.29 is 34.2 Å². The van der Waals surface area contributed by atoms with E-state index in [1.54, 1.807) is 0 Å². The topological polar surface area (TPSA) is 132 Å². The van der Waals surface area contributed by atoms with Gasteiger partial charge in [0.05, 0.1) is 0 Å². The van der Waals surface area contributed by atoms with Crippen molar-refractivity contribution in [3.63, 3.8) is 0 Å². The molecule has 0 rings (SSSR count). The Bertz CT molecular complexity index is 267. The summed E-state index contributed by atoms with van der Waals surface area (Å²) in [6.45, 7) is 0. The lowest BCUT2D eigenvalue weighted by Crippen LogP contribution is -2.20. The highest BCUT2D eigenvalue weighted by Gasteiger charge is 2.34. The van der Waals surface area contributed by atoms with E-state index in [4.69, 9.17) is 20.0 Å². The van der Waals surface area contributed by atoms with Crippen LogP contribution in [0.15, 0.2) is 0 Å². The van der Waals surface area contributed by atoms with Crippen LogP contribution < -0.4 is 0 Å². The van der Waals surface area contributed by atoms with Crippen molar-refractivity contribution >= 4 is 19.5 Å². The van der Waals surface area contributed by atoms with Crippen LogP contribution in [0.25, 0.3) is 0 Å². The Labute approximate surface area is 79.5 Å². The third-order valence-electron chi connectivity index (χ3n) is 1.56. The smallest absolute Gasteiger partial charge is 0.339 e. The zero-order valence-electron chi connectivity index (χ0n) is 7.16. The van der Waals surface area contributed by atoms with Gasteiger partial charge < -0.3 is 20.0 Å². The number of hydrogen-bond donors (Lipinski definition) is 4. The minimum Gasteiger partial charge on any atom is -0.481 e. The summed E-state index contributed by atoms with van der Waals surface area (Å²) < 4.78 is 10.6. The van der Waals surface area contributed by atoms with Gasteiger partial charge in [-0.2, -0.15) is 0 Å². The molecule has 4 N–H and O–H groups in total. The highest BCUT2D eigenvalue weighted by atomic mass is 31.2. The normalized spacial score (nSPS) is 13.6. The molecule has 1 unspecified atom stereocenters. The van der Waals surface area contributed by atoms with Crippen LogP contribution in [-0.4, -0.2) is 37.6 Å². The molecule has 0 aliphatic carbocycles. The van der Waals surface area contributed by atoms with Crippen LogP contribution in [-0.2, 0) is 14.2 Å². The largest absolute Gasteiger partial charge is 0.481 e. The molecule has 0 radical (unpaired) electrons. The van der Waals surface area contributed by atoms with Gasteiger partial charge in [0.2, 0.25) is 0 Å². The Balaban J connectivity index is 4.20. The number of aliphatic carboxylic acids is 2. The molecule has 0 spiro atoms. The Morgan fingerprint density at radius 1 is 1.21 bits per heavy atom. The maximum absolute atomic E-state index is 10.6. The van der Waals surface area contributed by atoms with E-state index in [-0.39, 0.29) is 19.3 Å². The summed E-state index contributed by atoms with van der Waals surface area (Å²) in [7, 11) is -4.68. The molecule has 7 nitrogen and oxygen atoms in total. The third-order valence-corrected chi connectivity index (χ3v) is 2.85. The van der Waals surface area contributed by atoms with E-state index in [0.29, 0.717) is 0 Å². The molecule has 0 aromatic heterocycles. The van der Waals surface area contributed by atoms with Crippen molar-refractivity contribution in [1.29, 1.82) is 0 Å². The van der Waals surface area contributed by atoms with Gasteiger partial charge in [-0.3, -0.25) is 14.2 Å². The summed E-state index contributed by atoms with van der Waals surface area (Å²) in [6, 6.07) is 0. The molecule has 0 saturated carbocycles. The second-order valence-corrected chi connectivity index (χ2v) is 4.53. The average molecular weight is 226 g/mol. The molecular formula is C6H11O7P. The molecule has 0 heterocycles. The van der Waals surface area contributed by atoms with Gasteiger partial charge in [-0.25, -0.2) is 0 Å². The molecule has 0 aromatic rings. The van der Waals surface area contributed by atoms with Gasteiger partial charge in [-0.1, -0.05) is 0 Å². The van der Waals surface area contributed by atoms with E-state index in [1.165, 1.54) is 0 Å². The summed E-state index contributed by atoms with van der Waals surface area (Å²) >= 11 is 0. The molecule has 0 aliphatic heterocycles. The van der Waals surface area contributed by atoms with Crippen molar-refractivity contribution in [2.24, 2.45) is 0 Å². The zero-order chi connectivity index (χ0) is 11.4. The van der Waals surface area contributed by atoms with Crippen molar-refractivity contribution in [1.82, 2.24) is 0 Å². The number of carboxylic acid groups (broad SMARTS) is 2. The van der Waals surface area contributed by atoms with Gasteiger partial charge in [0, 0.05) is 6.42 Å². The number of carboxylic acids is 2. The number of rotatable bonds is 6. The molecule has 0 aromatic carbocycles. The number of carbonyl (C=O) groups is 2. The SMILES string of the molecule is O=C(O)CCCC(C(=O)O)P(=O)(O)O. The molecule has 8 heteroatoms. The van der Waals surface area contributed by atoms with Gasteiger partial charge in [-0.05, 0) is 12.8 Å². The Morgan fingerprint density at radius 3 is 2.00 bits per heavy atom. The molecule has 0 saturated heterocycles. The first-order valence-electron chi connectivity index (χ1n) is 3.75. The molecular weight excluding hydrogens is 215 g/mol. The molecule has 14 heavy (non-hydrogen) atoms. The highest BCUT2D eigenvalue weighted by molar-refractivity contribution is 7.53. The third kappa shape index (κ3) is 4.96. The van der Waals surface area contributed by atoms with Crippen LogP contribution in [0.4, 0.5) is 0 Å². The van der Waals surface area contributed by atoms with Crippen LogP contribution in [0.5, 0.6) is 0 Å². The minimum absolute atomic E-state index is 0.0720. The average Bonchev–Trinajstić information content (AvgIpc) is 1.94. The lowest BCUT2D eigenvalue weighted by molar-refractivity contribution is -0.139. The predicted octanol–water partition coefficient (Wildman–Crippen LogP) is -0.128. The molecule has 82 valence electrons. The first-order valence-corrected chi connectivity index (χ1v) is 5.43.